The second kappa shape index (κ2) is 6.69. The van der Waals surface area contributed by atoms with Crippen molar-refractivity contribution in [3.8, 4) is 12.3 Å². The minimum Gasteiger partial charge on any atom is -0.480 e. The van der Waals surface area contributed by atoms with Gasteiger partial charge in [-0.25, -0.2) is 4.79 Å². The van der Waals surface area contributed by atoms with Gasteiger partial charge in [0.15, 0.2) is 5.88 Å². The number of aliphatic carboxylic acids is 1. The predicted molar refractivity (Wildman–Crippen MR) is 78.8 cm³/mol. The summed E-state index contributed by atoms with van der Waals surface area (Å²) in [4.78, 5) is 11.2. The standard InChI is InChI=1S/C16H25NO3/c1-6-7-8-9-12-10-13(12)20-11(2)17-14(15(18)19)16(3,4)5/h1,12-14,17H,2,7-10H2,3-5H3,(H,18,19)/t12-,13-,14-/m1/s1. The molecule has 1 fully saturated rings. The Morgan fingerprint density at radius 1 is 1.60 bits per heavy atom. The van der Waals surface area contributed by atoms with Gasteiger partial charge in [0.1, 0.15) is 12.1 Å². The molecule has 1 saturated carbocycles. The fourth-order valence-corrected chi connectivity index (χ4v) is 2.16. The van der Waals surface area contributed by atoms with E-state index in [1.54, 1.807) is 0 Å². The number of carboxylic acid groups (broad SMARTS) is 1. The van der Waals surface area contributed by atoms with E-state index >= 15 is 0 Å². The first kappa shape index (κ1) is 16.4. The second-order valence-electron chi connectivity index (χ2n) is 6.45. The van der Waals surface area contributed by atoms with Crippen LogP contribution in [0.1, 0.15) is 46.5 Å². The molecule has 1 aliphatic carbocycles. The molecule has 0 aromatic heterocycles. The van der Waals surface area contributed by atoms with Crippen LogP contribution in [0.15, 0.2) is 12.5 Å². The third-order valence-electron chi connectivity index (χ3n) is 3.47. The summed E-state index contributed by atoms with van der Waals surface area (Å²) in [6.45, 7) is 9.37. The van der Waals surface area contributed by atoms with Gasteiger partial charge in [0.2, 0.25) is 0 Å². The van der Waals surface area contributed by atoms with E-state index in [-0.39, 0.29) is 6.10 Å². The van der Waals surface area contributed by atoms with Crippen LogP contribution >= 0.6 is 0 Å². The van der Waals surface area contributed by atoms with Crippen LogP contribution in [0.5, 0.6) is 0 Å². The Morgan fingerprint density at radius 2 is 2.25 bits per heavy atom. The topological polar surface area (TPSA) is 58.6 Å². The number of carboxylic acids is 1. The highest BCUT2D eigenvalue weighted by Gasteiger charge is 2.40. The van der Waals surface area contributed by atoms with Gasteiger partial charge in [0, 0.05) is 6.42 Å². The van der Waals surface area contributed by atoms with Crippen LogP contribution in [0.4, 0.5) is 0 Å². The minimum atomic E-state index is -0.899. The van der Waals surface area contributed by atoms with E-state index < -0.39 is 17.4 Å². The molecule has 0 heterocycles. The second-order valence-corrected chi connectivity index (χ2v) is 6.45. The molecule has 112 valence electrons. The molecule has 1 rings (SSSR count). The highest BCUT2D eigenvalue weighted by molar-refractivity contribution is 5.74. The molecule has 0 unspecified atom stereocenters. The number of unbranched alkanes of at least 4 members (excludes halogenated alkanes) is 1. The van der Waals surface area contributed by atoms with E-state index in [2.05, 4.69) is 17.8 Å². The third-order valence-corrected chi connectivity index (χ3v) is 3.47. The molecule has 0 radical (unpaired) electrons. The van der Waals surface area contributed by atoms with E-state index in [4.69, 9.17) is 11.2 Å². The average molecular weight is 279 g/mol. The largest absolute Gasteiger partial charge is 0.480 e. The van der Waals surface area contributed by atoms with E-state index in [9.17, 15) is 9.90 Å². The number of hydrogen-bond donors (Lipinski definition) is 2. The van der Waals surface area contributed by atoms with Crippen LogP contribution in [0, 0.1) is 23.7 Å². The Kier molecular flexibility index (Phi) is 5.50. The predicted octanol–water partition coefficient (Wildman–Crippen LogP) is 2.76. The molecule has 3 atom stereocenters. The van der Waals surface area contributed by atoms with Crippen LogP contribution in [-0.2, 0) is 9.53 Å². The Hall–Kier alpha value is -1.63. The van der Waals surface area contributed by atoms with Gasteiger partial charge < -0.3 is 15.2 Å². The molecule has 4 nitrogen and oxygen atoms in total. The lowest BCUT2D eigenvalue weighted by atomic mass is 9.87. The van der Waals surface area contributed by atoms with Crippen molar-refractivity contribution in [2.75, 3.05) is 0 Å². The SMILES string of the molecule is C#CCCC[C@@H]1C[C@H]1OC(=C)N[C@H](C(=O)O)C(C)(C)C. The first-order chi connectivity index (χ1) is 9.25. The van der Waals surface area contributed by atoms with Crippen LogP contribution in [-0.4, -0.2) is 23.2 Å². The lowest BCUT2D eigenvalue weighted by molar-refractivity contribution is -0.142. The summed E-state index contributed by atoms with van der Waals surface area (Å²) >= 11 is 0. The Balaban J connectivity index is 2.34. The summed E-state index contributed by atoms with van der Waals surface area (Å²) in [6.07, 6.45) is 9.24. The van der Waals surface area contributed by atoms with Crippen LogP contribution in [0.25, 0.3) is 0 Å². The summed E-state index contributed by atoms with van der Waals surface area (Å²) in [6, 6.07) is -0.714. The van der Waals surface area contributed by atoms with Crippen molar-refractivity contribution in [3.63, 3.8) is 0 Å². The van der Waals surface area contributed by atoms with Gasteiger partial charge >= 0.3 is 5.97 Å². The lowest BCUT2D eigenvalue weighted by Gasteiger charge is -2.29. The summed E-state index contributed by atoms with van der Waals surface area (Å²) < 4.78 is 5.66. The summed E-state index contributed by atoms with van der Waals surface area (Å²) in [5.41, 5.74) is -0.409. The number of hydrogen-bond acceptors (Lipinski definition) is 3. The van der Waals surface area contributed by atoms with Crippen molar-refractivity contribution in [1.82, 2.24) is 5.32 Å². The molecule has 4 heteroatoms. The van der Waals surface area contributed by atoms with Crippen molar-refractivity contribution in [1.29, 1.82) is 0 Å². The fourth-order valence-electron chi connectivity index (χ4n) is 2.16. The fraction of sp³-hybridized carbons (Fsp3) is 0.688. The summed E-state index contributed by atoms with van der Waals surface area (Å²) in [5.74, 6) is 2.60. The zero-order valence-corrected chi connectivity index (χ0v) is 12.6. The smallest absolute Gasteiger partial charge is 0.326 e. The maximum Gasteiger partial charge on any atom is 0.326 e. The average Bonchev–Trinajstić information content (AvgIpc) is 3.03. The normalized spacial score (nSPS) is 22.5. The number of rotatable bonds is 8. The molecule has 0 aliphatic heterocycles. The van der Waals surface area contributed by atoms with E-state index in [1.165, 1.54) is 0 Å². The maximum absolute atomic E-state index is 11.2. The molecule has 0 amide bonds. The molecular formula is C16H25NO3. The molecule has 0 saturated heterocycles. The van der Waals surface area contributed by atoms with Gasteiger partial charge in [-0.05, 0) is 37.2 Å². The van der Waals surface area contributed by atoms with Crippen molar-refractivity contribution in [3.05, 3.63) is 12.5 Å². The number of carbonyl (C=O) groups is 1. The molecule has 2 N–H and O–H groups in total. The van der Waals surface area contributed by atoms with Gasteiger partial charge in [0.25, 0.3) is 0 Å². The zero-order valence-electron chi connectivity index (χ0n) is 12.6. The summed E-state index contributed by atoms with van der Waals surface area (Å²) in [5, 5.41) is 12.1. The first-order valence-corrected chi connectivity index (χ1v) is 7.04. The highest BCUT2D eigenvalue weighted by Crippen LogP contribution is 2.39. The zero-order chi connectivity index (χ0) is 15.3. The van der Waals surface area contributed by atoms with Crippen molar-refractivity contribution in [2.24, 2.45) is 11.3 Å². The molecule has 0 spiro atoms. The van der Waals surface area contributed by atoms with E-state index in [0.717, 1.165) is 25.7 Å². The molecule has 0 bridgehead atoms. The summed E-state index contributed by atoms with van der Waals surface area (Å²) in [7, 11) is 0. The Bertz CT molecular complexity index is 403. The van der Waals surface area contributed by atoms with E-state index in [1.807, 2.05) is 20.8 Å². The van der Waals surface area contributed by atoms with Crippen molar-refractivity contribution in [2.45, 2.75) is 58.6 Å². The maximum atomic E-state index is 11.2. The van der Waals surface area contributed by atoms with Crippen molar-refractivity contribution >= 4 is 5.97 Å². The van der Waals surface area contributed by atoms with Gasteiger partial charge in [-0.15, -0.1) is 12.3 Å². The molecular weight excluding hydrogens is 254 g/mol. The van der Waals surface area contributed by atoms with Crippen LogP contribution < -0.4 is 5.32 Å². The minimum absolute atomic E-state index is 0.155. The van der Waals surface area contributed by atoms with Gasteiger partial charge in [-0.1, -0.05) is 20.8 Å². The highest BCUT2D eigenvalue weighted by atomic mass is 16.5. The number of terminal acetylenes is 1. The van der Waals surface area contributed by atoms with Crippen LogP contribution in [0.3, 0.4) is 0 Å². The third kappa shape index (κ3) is 5.16. The van der Waals surface area contributed by atoms with Gasteiger partial charge in [-0.2, -0.15) is 0 Å². The van der Waals surface area contributed by atoms with Gasteiger partial charge in [0.05, 0.1) is 0 Å². The Morgan fingerprint density at radius 3 is 2.75 bits per heavy atom. The van der Waals surface area contributed by atoms with Crippen molar-refractivity contribution < 1.29 is 14.6 Å². The molecule has 1 aliphatic rings. The lowest BCUT2D eigenvalue weighted by Crippen LogP contribution is -2.46. The monoisotopic (exact) mass is 279 g/mol. The quantitative estimate of drug-likeness (QED) is 0.407. The van der Waals surface area contributed by atoms with Crippen LogP contribution in [0.2, 0.25) is 0 Å². The Labute approximate surface area is 121 Å². The molecule has 0 aromatic rings. The molecule has 0 aromatic carbocycles. The molecule has 20 heavy (non-hydrogen) atoms. The van der Waals surface area contributed by atoms with E-state index in [0.29, 0.717) is 11.8 Å². The number of ether oxygens (including phenoxy) is 1. The van der Waals surface area contributed by atoms with Gasteiger partial charge in [-0.3, -0.25) is 0 Å². The first-order valence-electron chi connectivity index (χ1n) is 7.04. The number of nitrogens with one attached hydrogen (secondary N) is 1.